The molecule has 1 N–H and O–H groups in total. The summed E-state index contributed by atoms with van der Waals surface area (Å²) in [5.41, 5.74) is 2.97. The van der Waals surface area contributed by atoms with Crippen molar-refractivity contribution in [1.82, 2.24) is 29.8 Å². The van der Waals surface area contributed by atoms with E-state index in [4.69, 9.17) is 26.4 Å². The zero-order valence-electron chi connectivity index (χ0n) is 17.4. The van der Waals surface area contributed by atoms with Crippen molar-refractivity contribution in [3.05, 3.63) is 83.1 Å². The van der Waals surface area contributed by atoms with E-state index in [2.05, 4.69) is 39.6 Å². The molecule has 1 aliphatic heterocycles. The van der Waals surface area contributed by atoms with Crippen molar-refractivity contribution in [3.63, 3.8) is 0 Å². The van der Waals surface area contributed by atoms with Crippen molar-refractivity contribution in [2.75, 3.05) is 13.2 Å². The highest BCUT2D eigenvalue weighted by Gasteiger charge is 2.44. The van der Waals surface area contributed by atoms with Crippen LogP contribution in [0.3, 0.4) is 0 Å². The third-order valence-electron chi connectivity index (χ3n) is 5.30. The summed E-state index contributed by atoms with van der Waals surface area (Å²) < 4.78 is 22.6. The van der Waals surface area contributed by atoms with E-state index in [-0.39, 0.29) is 6.10 Å². The van der Waals surface area contributed by atoms with E-state index < -0.39 is 5.79 Å². The number of nitrogens with one attached hydrogen (secondary N) is 1. The highest BCUT2D eigenvalue weighted by Crippen LogP contribution is 2.36. The Hall–Kier alpha value is -3.34. The maximum Gasteiger partial charge on any atom is 0.242 e. The number of nitrogens with zero attached hydrogens (tertiary/aromatic N) is 5. The number of tetrazole rings is 1. The summed E-state index contributed by atoms with van der Waals surface area (Å²) in [5.74, 6) is -0.171. The fourth-order valence-electron chi connectivity index (χ4n) is 3.65. The van der Waals surface area contributed by atoms with Gasteiger partial charge in [0.25, 0.3) is 0 Å². The quantitative estimate of drug-likeness (QED) is 0.432. The van der Waals surface area contributed by atoms with Gasteiger partial charge in [-0.05, 0) is 43.4 Å². The van der Waals surface area contributed by atoms with Gasteiger partial charge in [0.05, 0.1) is 25.2 Å². The molecular formula is C22H22N6O3S. The summed E-state index contributed by atoms with van der Waals surface area (Å²) >= 11 is 5.12. The molecule has 2 aromatic heterocycles. The first-order valence-electron chi connectivity index (χ1n) is 10.2. The summed E-state index contributed by atoms with van der Waals surface area (Å²) in [6.45, 7) is 3.35. The van der Waals surface area contributed by atoms with Crippen molar-refractivity contribution in [2.45, 2.75) is 25.4 Å². The van der Waals surface area contributed by atoms with E-state index in [9.17, 15) is 0 Å². The molecule has 32 heavy (non-hydrogen) atoms. The minimum atomic E-state index is -0.892. The summed E-state index contributed by atoms with van der Waals surface area (Å²) in [4.78, 5) is 4.14. The van der Waals surface area contributed by atoms with Crippen molar-refractivity contribution in [3.8, 4) is 11.4 Å². The van der Waals surface area contributed by atoms with Crippen molar-refractivity contribution < 1.29 is 14.2 Å². The van der Waals surface area contributed by atoms with Crippen LogP contribution in [0.25, 0.3) is 5.69 Å². The fraction of sp³-hybridized carbons (Fsp3) is 0.273. The van der Waals surface area contributed by atoms with Crippen LogP contribution in [-0.4, -0.2) is 49.1 Å². The third-order valence-corrected chi connectivity index (χ3v) is 5.57. The molecule has 164 valence electrons. The molecule has 0 spiro atoms. The predicted octanol–water partition coefficient (Wildman–Crippen LogP) is 3.18. The van der Waals surface area contributed by atoms with Gasteiger partial charge in [0.2, 0.25) is 10.6 Å². The van der Waals surface area contributed by atoms with Gasteiger partial charge in [0.1, 0.15) is 18.5 Å². The van der Waals surface area contributed by atoms with Crippen LogP contribution < -0.4 is 4.74 Å². The number of benzene rings is 2. The second kappa shape index (κ2) is 8.65. The van der Waals surface area contributed by atoms with Crippen LogP contribution in [0.2, 0.25) is 0 Å². The smallest absolute Gasteiger partial charge is 0.242 e. The molecule has 0 radical (unpaired) electrons. The number of H-pyrrole nitrogens is 1. The molecule has 1 fully saturated rings. The van der Waals surface area contributed by atoms with Gasteiger partial charge in [0, 0.05) is 18.0 Å². The average molecular weight is 451 g/mol. The Morgan fingerprint density at radius 3 is 2.69 bits per heavy atom. The Labute approximate surface area is 189 Å². The largest absolute Gasteiger partial charge is 0.491 e. The molecule has 2 atom stereocenters. The number of aryl methyl sites for hydroxylation is 1. The Morgan fingerprint density at radius 2 is 2.00 bits per heavy atom. The van der Waals surface area contributed by atoms with Crippen LogP contribution in [0.1, 0.15) is 11.1 Å². The molecule has 1 saturated heterocycles. The van der Waals surface area contributed by atoms with Crippen LogP contribution in [-0.2, 0) is 21.8 Å². The summed E-state index contributed by atoms with van der Waals surface area (Å²) in [6.07, 6.45) is 5.18. The van der Waals surface area contributed by atoms with Gasteiger partial charge in [0.15, 0.2) is 0 Å². The van der Waals surface area contributed by atoms with E-state index in [1.807, 2.05) is 47.2 Å². The van der Waals surface area contributed by atoms with E-state index in [1.54, 1.807) is 17.2 Å². The van der Waals surface area contributed by atoms with E-state index in [1.165, 1.54) is 5.56 Å². The first-order valence-corrected chi connectivity index (χ1v) is 10.6. The molecule has 0 bridgehead atoms. The van der Waals surface area contributed by atoms with Gasteiger partial charge in [-0.1, -0.05) is 40.1 Å². The second-order valence-electron chi connectivity index (χ2n) is 7.63. The molecule has 5 rings (SSSR count). The lowest BCUT2D eigenvalue weighted by atomic mass is 10.0. The zero-order chi connectivity index (χ0) is 22.0. The highest BCUT2D eigenvalue weighted by atomic mass is 32.1. The fourth-order valence-corrected chi connectivity index (χ4v) is 3.83. The van der Waals surface area contributed by atoms with Gasteiger partial charge in [-0.3, -0.25) is 0 Å². The van der Waals surface area contributed by atoms with E-state index in [0.717, 1.165) is 17.0 Å². The van der Waals surface area contributed by atoms with Crippen LogP contribution in [0.4, 0.5) is 0 Å². The number of hydrogen-bond donors (Lipinski definition) is 1. The van der Waals surface area contributed by atoms with Gasteiger partial charge in [-0.25, -0.2) is 9.67 Å². The Balaban J connectivity index is 1.28. The number of aromatic nitrogens is 6. The number of rotatable bonds is 7. The number of aromatic amines is 1. The van der Waals surface area contributed by atoms with Crippen LogP contribution >= 0.6 is 12.2 Å². The van der Waals surface area contributed by atoms with Crippen LogP contribution in [0.15, 0.2) is 67.3 Å². The minimum absolute atomic E-state index is 0.218. The molecular weight excluding hydrogens is 428 g/mol. The van der Waals surface area contributed by atoms with Gasteiger partial charge in [-0.2, -0.15) is 5.21 Å². The lowest BCUT2D eigenvalue weighted by Crippen LogP contribution is -2.34. The molecule has 0 saturated carbocycles. The molecule has 2 aromatic carbocycles. The Kier molecular flexibility index (Phi) is 5.56. The maximum atomic E-state index is 6.43. The van der Waals surface area contributed by atoms with Crippen molar-refractivity contribution in [2.24, 2.45) is 0 Å². The number of ether oxygens (including phenoxy) is 3. The predicted molar refractivity (Wildman–Crippen MR) is 118 cm³/mol. The molecule has 0 amide bonds. The molecule has 10 heteroatoms. The second-order valence-corrected chi connectivity index (χ2v) is 7.99. The molecule has 3 heterocycles. The van der Waals surface area contributed by atoms with Gasteiger partial charge in [-0.15, -0.1) is 0 Å². The number of hydrogen-bond acceptors (Lipinski definition) is 7. The number of imidazole rings is 1. The standard InChI is InChI=1S/C22H22N6O3S/c1-16-2-4-17(5-3-16)22(14-27-11-10-23-15-27)30-13-20(31-22)12-29-19-8-6-18(7-9-19)28-21(32)24-25-26-28/h2-11,15,20H,12-14H2,1H3,(H,24,26,32). The normalized spacial score (nSPS) is 20.5. The topological polar surface area (TPSA) is 92.0 Å². The van der Waals surface area contributed by atoms with Gasteiger partial charge < -0.3 is 18.8 Å². The van der Waals surface area contributed by atoms with Crippen LogP contribution in [0.5, 0.6) is 5.75 Å². The molecule has 2 unspecified atom stereocenters. The summed E-state index contributed by atoms with van der Waals surface area (Å²) in [7, 11) is 0. The molecule has 4 aromatic rings. The molecule has 9 nitrogen and oxygen atoms in total. The first-order chi connectivity index (χ1) is 15.6. The van der Waals surface area contributed by atoms with Gasteiger partial charge >= 0.3 is 0 Å². The average Bonchev–Trinajstić information content (AvgIpc) is 3.56. The van der Waals surface area contributed by atoms with Crippen LogP contribution in [0, 0.1) is 11.7 Å². The summed E-state index contributed by atoms with van der Waals surface area (Å²) in [6, 6.07) is 15.7. The molecule has 1 aliphatic rings. The third kappa shape index (κ3) is 4.20. The zero-order valence-corrected chi connectivity index (χ0v) is 18.2. The van der Waals surface area contributed by atoms with Crippen molar-refractivity contribution in [1.29, 1.82) is 0 Å². The van der Waals surface area contributed by atoms with E-state index >= 15 is 0 Å². The lowest BCUT2D eigenvalue weighted by molar-refractivity contribution is -0.189. The molecule has 0 aliphatic carbocycles. The Morgan fingerprint density at radius 1 is 1.19 bits per heavy atom. The first kappa shape index (κ1) is 20.6. The van der Waals surface area contributed by atoms with E-state index in [0.29, 0.717) is 24.5 Å². The monoisotopic (exact) mass is 450 g/mol. The maximum absolute atomic E-state index is 6.43. The SMILES string of the molecule is Cc1ccc(C2(Cn3ccnc3)OCC(COc3ccc(-n4[nH]nnc4=S)cc3)O2)cc1. The highest BCUT2D eigenvalue weighted by molar-refractivity contribution is 7.71. The van der Waals surface area contributed by atoms with Crippen molar-refractivity contribution >= 4 is 12.2 Å². The summed E-state index contributed by atoms with van der Waals surface area (Å²) in [5, 5.41) is 10.2. The lowest BCUT2D eigenvalue weighted by Gasteiger charge is -2.29. The Bertz CT molecular complexity index is 1220. The minimum Gasteiger partial charge on any atom is -0.491 e.